The van der Waals surface area contributed by atoms with E-state index in [1.807, 2.05) is 12.1 Å². The van der Waals surface area contributed by atoms with Gasteiger partial charge in [0.2, 0.25) is 0 Å². The van der Waals surface area contributed by atoms with Crippen molar-refractivity contribution < 1.29 is 0 Å². The Morgan fingerprint density at radius 2 is 2.06 bits per heavy atom. The molecule has 1 aromatic carbocycles. The summed E-state index contributed by atoms with van der Waals surface area (Å²) >= 11 is 12.1. The van der Waals surface area contributed by atoms with Crippen molar-refractivity contribution in [1.82, 2.24) is 15.4 Å². The second-order valence-electron chi connectivity index (χ2n) is 3.38. The first-order valence-electron chi connectivity index (χ1n) is 4.90. The molecule has 0 saturated carbocycles. The van der Waals surface area contributed by atoms with Crippen molar-refractivity contribution in [2.45, 2.75) is 6.04 Å². The highest BCUT2D eigenvalue weighted by Gasteiger charge is 2.17. The Bertz CT molecular complexity index is 504. The number of nitrogens with one attached hydrogen (secondary N) is 1. The first-order valence-corrected chi connectivity index (χ1v) is 5.65. The lowest BCUT2D eigenvalue weighted by molar-refractivity contribution is 0.619. The van der Waals surface area contributed by atoms with Gasteiger partial charge in [0.1, 0.15) is 6.33 Å². The Labute approximate surface area is 109 Å². The lowest BCUT2D eigenvalue weighted by Crippen LogP contribution is -2.29. The highest BCUT2D eigenvalue weighted by Crippen LogP contribution is 2.31. The number of benzene rings is 1. The van der Waals surface area contributed by atoms with E-state index in [1.165, 1.54) is 6.33 Å². The summed E-state index contributed by atoms with van der Waals surface area (Å²) in [6.45, 7) is 0. The fourth-order valence-electron chi connectivity index (χ4n) is 1.55. The topological polar surface area (TPSA) is 63.8 Å². The maximum absolute atomic E-state index is 6.15. The quantitative estimate of drug-likeness (QED) is 0.663. The highest BCUT2D eigenvalue weighted by molar-refractivity contribution is 6.42. The molecule has 1 aromatic heterocycles. The molecule has 0 aliphatic heterocycles. The van der Waals surface area contributed by atoms with Crippen LogP contribution in [0.1, 0.15) is 17.3 Å². The number of rotatable bonds is 3. The summed E-state index contributed by atoms with van der Waals surface area (Å²) in [7, 11) is 0. The van der Waals surface area contributed by atoms with Crippen molar-refractivity contribution >= 4 is 23.2 Å². The van der Waals surface area contributed by atoms with Gasteiger partial charge in [0.15, 0.2) is 0 Å². The fraction of sp³-hybridized carbons (Fsp3) is 0.0909. The van der Waals surface area contributed by atoms with Crippen LogP contribution in [-0.4, -0.2) is 9.97 Å². The van der Waals surface area contributed by atoms with Crippen LogP contribution in [0.25, 0.3) is 0 Å². The van der Waals surface area contributed by atoms with E-state index in [9.17, 15) is 0 Å². The van der Waals surface area contributed by atoms with E-state index in [-0.39, 0.29) is 6.04 Å². The minimum atomic E-state index is -0.316. The number of hydrogen-bond acceptors (Lipinski definition) is 4. The van der Waals surface area contributed by atoms with Gasteiger partial charge in [0, 0.05) is 6.20 Å². The Hall–Kier alpha value is -1.20. The summed E-state index contributed by atoms with van der Waals surface area (Å²) in [6.07, 6.45) is 3.10. The maximum Gasteiger partial charge on any atom is 0.115 e. The largest absolute Gasteiger partial charge is 0.271 e. The molecule has 17 heavy (non-hydrogen) atoms. The van der Waals surface area contributed by atoms with Crippen LogP contribution in [0.15, 0.2) is 36.8 Å². The molecule has 0 spiro atoms. The zero-order chi connectivity index (χ0) is 12.3. The van der Waals surface area contributed by atoms with E-state index < -0.39 is 0 Å². The van der Waals surface area contributed by atoms with Crippen LogP contribution in [-0.2, 0) is 0 Å². The Morgan fingerprint density at radius 1 is 1.24 bits per heavy atom. The van der Waals surface area contributed by atoms with E-state index >= 15 is 0 Å². The zero-order valence-corrected chi connectivity index (χ0v) is 10.3. The molecule has 0 aliphatic rings. The molecule has 1 unspecified atom stereocenters. The van der Waals surface area contributed by atoms with Crippen molar-refractivity contribution in [2.75, 3.05) is 0 Å². The van der Waals surface area contributed by atoms with Gasteiger partial charge in [-0.05, 0) is 17.7 Å². The lowest BCUT2D eigenvalue weighted by atomic mass is 10.0. The van der Waals surface area contributed by atoms with Crippen LogP contribution in [0.3, 0.4) is 0 Å². The molecule has 6 heteroatoms. The molecule has 2 rings (SSSR count). The SMILES string of the molecule is NNC(c1ccncn1)c1cccc(Cl)c1Cl. The van der Waals surface area contributed by atoms with Crippen LogP contribution in [0.2, 0.25) is 10.0 Å². The molecule has 2 aromatic rings. The standard InChI is InChI=1S/C11H10Cl2N4/c12-8-3-1-2-7(10(8)13)11(17-14)9-4-5-15-6-16-9/h1-6,11,17H,14H2. The van der Waals surface area contributed by atoms with Gasteiger partial charge in [0.05, 0.1) is 21.8 Å². The summed E-state index contributed by atoms with van der Waals surface area (Å²) in [5.74, 6) is 5.54. The summed E-state index contributed by atoms with van der Waals surface area (Å²) in [4.78, 5) is 8.00. The van der Waals surface area contributed by atoms with Gasteiger partial charge >= 0.3 is 0 Å². The van der Waals surface area contributed by atoms with Crippen molar-refractivity contribution in [3.8, 4) is 0 Å². The number of aromatic nitrogens is 2. The van der Waals surface area contributed by atoms with E-state index in [2.05, 4.69) is 15.4 Å². The molecule has 3 N–H and O–H groups in total. The Kier molecular flexibility index (Phi) is 3.91. The molecule has 4 nitrogen and oxygen atoms in total. The number of hydrogen-bond donors (Lipinski definition) is 2. The summed E-state index contributed by atoms with van der Waals surface area (Å²) in [5, 5.41) is 0.953. The monoisotopic (exact) mass is 268 g/mol. The number of nitrogens with two attached hydrogens (primary N) is 1. The molecule has 0 radical (unpaired) electrons. The minimum absolute atomic E-state index is 0.316. The second kappa shape index (κ2) is 5.42. The number of halogens is 2. The molecule has 1 heterocycles. The van der Waals surface area contributed by atoms with Gasteiger partial charge in [-0.1, -0.05) is 35.3 Å². The predicted octanol–water partition coefficient (Wildman–Crippen LogP) is 2.34. The Balaban J connectivity index is 2.46. The molecule has 0 amide bonds. The molecular formula is C11H10Cl2N4. The Morgan fingerprint density at radius 3 is 2.71 bits per heavy atom. The van der Waals surface area contributed by atoms with Crippen molar-refractivity contribution in [3.63, 3.8) is 0 Å². The van der Waals surface area contributed by atoms with Crippen LogP contribution in [0.5, 0.6) is 0 Å². The van der Waals surface area contributed by atoms with E-state index in [1.54, 1.807) is 18.3 Å². The number of nitrogens with zero attached hydrogens (tertiary/aromatic N) is 2. The fourth-order valence-corrected chi connectivity index (χ4v) is 1.97. The first kappa shape index (κ1) is 12.3. The summed E-state index contributed by atoms with van der Waals surface area (Å²) in [6, 6.07) is 6.84. The maximum atomic E-state index is 6.15. The van der Waals surface area contributed by atoms with Gasteiger partial charge < -0.3 is 0 Å². The van der Waals surface area contributed by atoms with Crippen LogP contribution < -0.4 is 11.3 Å². The van der Waals surface area contributed by atoms with Crippen LogP contribution in [0.4, 0.5) is 0 Å². The molecule has 1 atom stereocenters. The third kappa shape index (κ3) is 2.56. The first-order chi connectivity index (χ1) is 8.24. The third-order valence-corrected chi connectivity index (χ3v) is 3.19. The molecule has 88 valence electrons. The number of hydrazine groups is 1. The summed E-state index contributed by atoms with van der Waals surface area (Å²) in [5.41, 5.74) is 4.18. The predicted molar refractivity (Wildman–Crippen MR) is 67.7 cm³/mol. The molecule has 0 fully saturated rings. The lowest BCUT2D eigenvalue weighted by Gasteiger charge is -2.17. The van der Waals surface area contributed by atoms with Gasteiger partial charge in [-0.25, -0.2) is 15.4 Å². The van der Waals surface area contributed by atoms with Crippen molar-refractivity contribution in [2.24, 2.45) is 5.84 Å². The second-order valence-corrected chi connectivity index (χ2v) is 4.16. The highest BCUT2D eigenvalue weighted by atomic mass is 35.5. The summed E-state index contributed by atoms with van der Waals surface area (Å²) < 4.78 is 0. The molecular weight excluding hydrogens is 259 g/mol. The van der Waals surface area contributed by atoms with E-state index in [0.29, 0.717) is 10.0 Å². The van der Waals surface area contributed by atoms with Gasteiger partial charge in [-0.15, -0.1) is 0 Å². The van der Waals surface area contributed by atoms with Gasteiger partial charge in [-0.3, -0.25) is 5.84 Å². The average Bonchev–Trinajstić information content (AvgIpc) is 2.37. The molecule has 0 saturated heterocycles. The van der Waals surface area contributed by atoms with E-state index in [4.69, 9.17) is 29.0 Å². The van der Waals surface area contributed by atoms with Gasteiger partial charge in [0.25, 0.3) is 0 Å². The zero-order valence-electron chi connectivity index (χ0n) is 8.77. The van der Waals surface area contributed by atoms with Crippen LogP contribution >= 0.6 is 23.2 Å². The minimum Gasteiger partial charge on any atom is -0.271 e. The molecule has 0 bridgehead atoms. The smallest absolute Gasteiger partial charge is 0.115 e. The third-order valence-electron chi connectivity index (χ3n) is 2.36. The van der Waals surface area contributed by atoms with Gasteiger partial charge in [-0.2, -0.15) is 0 Å². The van der Waals surface area contributed by atoms with Crippen molar-refractivity contribution in [3.05, 3.63) is 58.1 Å². The normalized spacial score (nSPS) is 12.4. The molecule has 0 aliphatic carbocycles. The van der Waals surface area contributed by atoms with Crippen molar-refractivity contribution in [1.29, 1.82) is 0 Å². The average molecular weight is 269 g/mol. The van der Waals surface area contributed by atoms with Crippen LogP contribution in [0, 0.1) is 0 Å². The van der Waals surface area contributed by atoms with E-state index in [0.717, 1.165) is 11.3 Å².